The number of hydrogen-bond donors (Lipinski definition) is 0. The van der Waals surface area contributed by atoms with E-state index in [-0.39, 0.29) is 5.60 Å². The fraction of sp³-hybridized carbons (Fsp3) is 0.636. The van der Waals surface area contributed by atoms with Gasteiger partial charge in [-0.3, -0.25) is 0 Å². The molecule has 0 radical (unpaired) electrons. The number of hydrogen-bond acceptors (Lipinski definition) is 1. The molecule has 25 heavy (non-hydrogen) atoms. The minimum atomic E-state index is -2.51. The van der Waals surface area contributed by atoms with E-state index in [1.165, 1.54) is 14.5 Å². The molecular weight excluding hydrogens is 436 g/mol. The predicted octanol–water partition coefficient (Wildman–Crippen LogP) is 6.44. The fourth-order valence-corrected chi connectivity index (χ4v) is 19.0. The van der Waals surface area contributed by atoms with Crippen molar-refractivity contribution in [3.8, 4) is 11.5 Å². The van der Waals surface area contributed by atoms with Crippen molar-refractivity contribution in [2.45, 2.75) is 72.8 Å². The van der Waals surface area contributed by atoms with E-state index in [1.54, 1.807) is 0 Å². The van der Waals surface area contributed by atoms with Gasteiger partial charge in [0, 0.05) is 0 Å². The Hall–Kier alpha value is -0.254. The summed E-state index contributed by atoms with van der Waals surface area (Å²) in [7, 11) is -1.39. The molecule has 3 heteroatoms. The molecule has 0 N–H and O–H groups in total. The molecule has 0 bridgehead atoms. The fourth-order valence-electron chi connectivity index (χ4n) is 3.76. The van der Waals surface area contributed by atoms with Crippen molar-refractivity contribution in [2.75, 3.05) is 0 Å². The third-order valence-corrected chi connectivity index (χ3v) is 18.4. The van der Waals surface area contributed by atoms with Gasteiger partial charge in [-0.1, -0.05) is 0 Å². The molecule has 1 heterocycles. The summed E-state index contributed by atoms with van der Waals surface area (Å²) in [5, 5.41) is 0. The first kappa shape index (κ1) is 21.1. The van der Waals surface area contributed by atoms with Crippen molar-refractivity contribution in [1.82, 2.24) is 0 Å². The molecule has 0 aromatic heterocycles. The second-order valence-corrected chi connectivity index (χ2v) is 22.9. The molecule has 0 saturated carbocycles. The van der Waals surface area contributed by atoms with Crippen molar-refractivity contribution in [3.63, 3.8) is 0 Å². The number of benzene rings is 1. The van der Waals surface area contributed by atoms with Crippen LogP contribution < -0.4 is 0 Å². The molecule has 0 amide bonds. The zero-order chi connectivity index (χ0) is 18.9. The van der Waals surface area contributed by atoms with Crippen LogP contribution in [0.3, 0.4) is 0 Å². The van der Waals surface area contributed by atoms with E-state index >= 15 is 0 Å². The van der Waals surface area contributed by atoms with Crippen LogP contribution in [0.15, 0.2) is 30.3 Å². The topological polar surface area (TPSA) is 9.23 Å². The Bertz CT molecular complexity index is 625. The molecule has 1 aliphatic heterocycles. The molecular formula is C22H36OSiTe. The summed E-state index contributed by atoms with van der Waals surface area (Å²) in [6, 6.07) is 10.8. The van der Waals surface area contributed by atoms with Crippen molar-refractivity contribution < 1.29 is 3.10 Å². The molecule has 140 valence electrons. The van der Waals surface area contributed by atoms with E-state index in [0.29, 0.717) is 15.8 Å². The van der Waals surface area contributed by atoms with Crippen LogP contribution in [0.2, 0.25) is 32.5 Å². The zero-order valence-corrected chi connectivity index (χ0v) is 20.7. The normalized spacial score (nSPS) is 26.7. The Morgan fingerprint density at radius 1 is 1.04 bits per heavy atom. The van der Waals surface area contributed by atoms with Crippen LogP contribution in [0.25, 0.3) is 0 Å². The van der Waals surface area contributed by atoms with Gasteiger partial charge in [0.2, 0.25) is 0 Å². The van der Waals surface area contributed by atoms with Gasteiger partial charge in [0.1, 0.15) is 0 Å². The molecule has 1 nitrogen and oxygen atoms in total. The molecule has 1 saturated heterocycles. The van der Waals surface area contributed by atoms with Crippen LogP contribution in [0.4, 0.5) is 0 Å². The van der Waals surface area contributed by atoms with Gasteiger partial charge < -0.3 is 0 Å². The van der Waals surface area contributed by atoms with Gasteiger partial charge in [-0.05, 0) is 0 Å². The van der Waals surface area contributed by atoms with E-state index in [4.69, 9.17) is 3.10 Å². The van der Waals surface area contributed by atoms with Gasteiger partial charge in [-0.2, -0.15) is 0 Å². The maximum atomic E-state index is 7.00. The summed E-state index contributed by atoms with van der Waals surface area (Å²) in [6.45, 7) is 18.7. The van der Waals surface area contributed by atoms with E-state index in [2.05, 4.69) is 96.1 Å². The maximum absolute atomic E-state index is 7.00. The van der Waals surface area contributed by atoms with Gasteiger partial charge in [0.15, 0.2) is 0 Å². The Morgan fingerprint density at radius 3 is 2.00 bits per heavy atom. The third kappa shape index (κ3) is 4.93. The van der Waals surface area contributed by atoms with Gasteiger partial charge in [0.05, 0.1) is 0 Å². The second kappa shape index (κ2) is 7.78. The third-order valence-electron chi connectivity index (χ3n) is 4.43. The Morgan fingerprint density at radius 2 is 1.56 bits per heavy atom. The molecule has 2 atom stereocenters. The quantitative estimate of drug-likeness (QED) is 0.354. The van der Waals surface area contributed by atoms with Crippen molar-refractivity contribution >= 4 is 26.7 Å². The van der Waals surface area contributed by atoms with Crippen LogP contribution in [-0.2, 0) is 8.70 Å². The van der Waals surface area contributed by atoms with Crippen LogP contribution in [0, 0.1) is 23.3 Å². The average molecular weight is 472 g/mol. The Kier molecular flexibility index (Phi) is 6.55. The summed E-state index contributed by atoms with van der Waals surface area (Å²) in [5.41, 5.74) is 4.80. The summed E-state index contributed by atoms with van der Waals surface area (Å²) < 4.78 is 10.00. The molecule has 0 spiro atoms. The monoisotopic (exact) mass is 474 g/mol. The van der Waals surface area contributed by atoms with Crippen molar-refractivity contribution in [2.24, 2.45) is 11.8 Å². The van der Waals surface area contributed by atoms with Crippen molar-refractivity contribution in [1.29, 1.82) is 0 Å². The summed E-state index contributed by atoms with van der Waals surface area (Å²) in [4.78, 5) is 0. The number of rotatable bonds is 5. The Labute approximate surface area is 161 Å². The summed E-state index contributed by atoms with van der Waals surface area (Å²) in [6.07, 6.45) is 0. The molecule has 0 unspecified atom stereocenters. The van der Waals surface area contributed by atoms with Crippen molar-refractivity contribution in [3.05, 3.63) is 35.9 Å². The standard InChI is InChI=1S/C22H36OSiTe/c1-18(2)16-25(17-19(3)4)21(14-15-24(6,7)8)22(5,23-25)20-12-10-9-11-13-20/h9-13,18-19,21H,16-17H2,1-8H3/t21-,22+/m1/s1. The summed E-state index contributed by atoms with van der Waals surface area (Å²) >= 11 is -2.51. The van der Waals surface area contributed by atoms with Gasteiger partial charge in [0.25, 0.3) is 0 Å². The van der Waals surface area contributed by atoms with E-state index in [1.807, 2.05) is 0 Å². The van der Waals surface area contributed by atoms with E-state index in [9.17, 15) is 0 Å². The van der Waals surface area contributed by atoms with Crippen LogP contribution >= 0.6 is 0 Å². The van der Waals surface area contributed by atoms with Gasteiger partial charge >= 0.3 is 162 Å². The van der Waals surface area contributed by atoms with Gasteiger partial charge in [-0.15, -0.1) is 0 Å². The first-order valence-corrected chi connectivity index (χ1v) is 18.6. The molecule has 1 aliphatic rings. The van der Waals surface area contributed by atoms with Gasteiger partial charge in [-0.25, -0.2) is 0 Å². The molecule has 0 aliphatic carbocycles. The first-order valence-electron chi connectivity index (χ1n) is 9.55. The van der Waals surface area contributed by atoms with E-state index < -0.39 is 26.7 Å². The van der Waals surface area contributed by atoms with Crippen LogP contribution in [0.1, 0.15) is 40.2 Å². The van der Waals surface area contributed by atoms with E-state index in [0.717, 1.165) is 0 Å². The summed E-state index contributed by atoms with van der Waals surface area (Å²) in [5.74, 6) is 5.20. The molecule has 1 aromatic rings. The SMILES string of the molecule is CC(C)C[Te]1(CC(C)C)O[C@@](C)(c2ccccc2)[C@H]1C#C[Si](C)(C)C. The minimum absolute atomic E-state index is 0.210. The van der Waals surface area contributed by atoms with Crippen LogP contribution in [0.5, 0.6) is 0 Å². The predicted molar refractivity (Wildman–Crippen MR) is 115 cm³/mol. The molecule has 2 rings (SSSR count). The zero-order valence-electron chi connectivity index (χ0n) is 17.3. The first-order chi connectivity index (χ1) is 11.5. The Balaban J connectivity index is 2.48. The molecule has 1 fully saturated rings. The second-order valence-electron chi connectivity index (χ2n) is 9.45. The molecule has 1 aromatic carbocycles. The van der Waals surface area contributed by atoms with Crippen LogP contribution in [-0.4, -0.2) is 26.7 Å². The average Bonchev–Trinajstić information content (AvgIpc) is 2.44.